The van der Waals surface area contributed by atoms with Crippen molar-refractivity contribution in [1.29, 1.82) is 0 Å². The van der Waals surface area contributed by atoms with Gasteiger partial charge in [0.05, 0.1) is 12.8 Å². The monoisotopic (exact) mass is 296 g/mol. The molecule has 1 aliphatic rings. The molecule has 0 aromatic heterocycles. The predicted octanol–water partition coefficient (Wildman–Crippen LogP) is 4.18. The van der Waals surface area contributed by atoms with Gasteiger partial charge >= 0.3 is 0 Å². The number of nitrogens with two attached hydrogens (primary N) is 1. The van der Waals surface area contributed by atoms with Gasteiger partial charge in [-0.3, -0.25) is 0 Å². The highest BCUT2D eigenvalue weighted by Crippen LogP contribution is 2.39. The predicted molar refractivity (Wildman–Crippen MR) is 93.5 cm³/mol. The molecule has 1 saturated heterocycles. The van der Waals surface area contributed by atoms with Gasteiger partial charge in [-0.1, -0.05) is 37.3 Å². The van der Waals surface area contributed by atoms with Crippen LogP contribution in [-0.4, -0.2) is 20.2 Å². The Morgan fingerprint density at radius 3 is 2.41 bits per heavy atom. The summed E-state index contributed by atoms with van der Waals surface area (Å²) in [7, 11) is 1.68. The van der Waals surface area contributed by atoms with Gasteiger partial charge in [-0.15, -0.1) is 0 Å². The second-order valence-corrected chi connectivity index (χ2v) is 6.15. The smallest absolute Gasteiger partial charge is 0.143 e. The number of piperidine rings is 1. The molecular weight excluding hydrogens is 272 g/mol. The Hall–Kier alpha value is -2.16. The molecule has 3 heteroatoms. The van der Waals surface area contributed by atoms with Gasteiger partial charge in [-0.2, -0.15) is 0 Å². The molecule has 1 heterocycles. The van der Waals surface area contributed by atoms with Crippen LogP contribution in [0.2, 0.25) is 0 Å². The number of rotatable bonds is 3. The lowest BCUT2D eigenvalue weighted by Gasteiger charge is -2.34. The number of nitrogens with zero attached hydrogens (tertiary/aromatic N) is 1. The van der Waals surface area contributed by atoms with E-state index in [1.54, 1.807) is 7.11 Å². The van der Waals surface area contributed by atoms with Crippen molar-refractivity contribution < 1.29 is 4.74 Å². The van der Waals surface area contributed by atoms with Crippen LogP contribution in [-0.2, 0) is 0 Å². The average Bonchev–Trinajstić information content (AvgIpc) is 2.56. The Morgan fingerprint density at radius 2 is 1.77 bits per heavy atom. The highest BCUT2D eigenvalue weighted by atomic mass is 16.5. The third kappa shape index (κ3) is 2.89. The zero-order valence-corrected chi connectivity index (χ0v) is 13.4. The summed E-state index contributed by atoms with van der Waals surface area (Å²) in [4.78, 5) is 2.46. The number of ether oxygens (including phenoxy) is 1. The summed E-state index contributed by atoms with van der Waals surface area (Å²) >= 11 is 0. The molecular formula is C19H24N2O. The van der Waals surface area contributed by atoms with Crippen molar-refractivity contribution in [3.8, 4) is 16.9 Å². The van der Waals surface area contributed by atoms with Crippen LogP contribution >= 0.6 is 0 Å². The molecule has 116 valence electrons. The number of hydrogen-bond acceptors (Lipinski definition) is 3. The lowest BCUT2D eigenvalue weighted by Crippen LogP contribution is -2.33. The van der Waals surface area contributed by atoms with E-state index in [0.29, 0.717) is 5.69 Å². The van der Waals surface area contributed by atoms with Crippen LogP contribution in [0.5, 0.6) is 5.75 Å². The van der Waals surface area contributed by atoms with Crippen molar-refractivity contribution in [1.82, 2.24) is 0 Å². The van der Waals surface area contributed by atoms with Gasteiger partial charge in [0.25, 0.3) is 0 Å². The number of benzene rings is 2. The molecule has 0 bridgehead atoms. The van der Waals surface area contributed by atoms with Crippen LogP contribution in [0, 0.1) is 5.92 Å². The summed E-state index contributed by atoms with van der Waals surface area (Å²) in [6.07, 6.45) is 2.47. The van der Waals surface area contributed by atoms with Crippen LogP contribution in [0.1, 0.15) is 19.8 Å². The van der Waals surface area contributed by atoms with Gasteiger partial charge in [-0.05, 0) is 30.4 Å². The summed E-state index contributed by atoms with van der Waals surface area (Å²) in [6, 6.07) is 14.6. The summed E-state index contributed by atoms with van der Waals surface area (Å²) in [5, 5.41) is 0. The molecule has 2 aromatic carbocycles. The third-order valence-corrected chi connectivity index (χ3v) is 4.56. The Kier molecular flexibility index (Phi) is 4.23. The van der Waals surface area contributed by atoms with Crippen LogP contribution in [0.3, 0.4) is 0 Å². The molecule has 1 aliphatic heterocycles. The summed E-state index contributed by atoms with van der Waals surface area (Å²) in [5.74, 6) is 1.57. The second kappa shape index (κ2) is 6.30. The van der Waals surface area contributed by atoms with E-state index in [0.717, 1.165) is 24.8 Å². The van der Waals surface area contributed by atoms with Crippen molar-refractivity contribution in [3.63, 3.8) is 0 Å². The maximum Gasteiger partial charge on any atom is 0.143 e. The van der Waals surface area contributed by atoms with Crippen molar-refractivity contribution >= 4 is 11.4 Å². The van der Waals surface area contributed by atoms with Crippen LogP contribution in [0.25, 0.3) is 11.1 Å². The molecule has 0 amide bonds. The molecule has 3 rings (SSSR count). The fourth-order valence-electron chi connectivity index (χ4n) is 3.12. The van der Waals surface area contributed by atoms with E-state index in [1.807, 2.05) is 12.1 Å². The standard InChI is InChI=1S/C19H24N2O/c1-14-8-10-21(11-9-14)18-13-19(22-2)17(20)12-16(18)15-6-4-3-5-7-15/h3-7,12-14H,8-11,20H2,1-2H3. The van der Waals surface area contributed by atoms with E-state index in [1.165, 1.54) is 29.7 Å². The third-order valence-electron chi connectivity index (χ3n) is 4.56. The first-order valence-electron chi connectivity index (χ1n) is 7.97. The molecule has 3 nitrogen and oxygen atoms in total. The molecule has 22 heavy (non-hydrogen) atoms. The first kappa shape index (κ1) is 14.8. The zero-order chi connectivity index (χ0) is 15.5. The highest BCUT2D eigenvalue weighted by molar-refractivity contribution is 5.84. The highest BCUT2D eigenvalue weighted by Gasteiger charge is 2.20. The van der Waals surface area contributed by atoms with Crippen molar-refractivity contribution in [2.45, 2.75) is 19.8 Å². The molecule has 0 aliphatic carbocycles. The van der Waals surface area contributed by atoms with Crippen molar-refractivity contribution in [3.05, 3.63) is 42.5 Å². The van der Waals surface area contributed by atoms with Crippen molar-refractivity contribution in [2.24, 2.45) is 5.92 Å². The van der Waals surface area contributed by atoms with Gasteiger partial charge in [0.15, 0.2) is 0 Å². The minimum Gasteiger partial charge on any atom is -0.495 e. The largest absolute Gasteiger partial charge is 0.495 e. The number of nitrogen functional groups attached to an aromatic ring is 1. The minimum absolute atomic E-state index is 0.690. The average molecular weight is 296 g/mol. The molecule has 0 atom stereocenters. The molecule has 0 unspecified atom stereocenters. The summed E-state index contributed by atoms with van der Waals surface area (Å²) < 4.78 is 5.44. The van der Waals surface area contributed by atoms with E-state index < -0.39 is 0 Å². The van der Waals surface area contributed by atoms with E-state index >= 15 is 0 Å². The topological polar surface area (TPSA) is 38.5 Å². The lowest BCUT2D eigenvalue weighted by molar-refractivity contribution is 0.415. The fraction of sp³-hybridized carbons (Fsp3) is 0.368. The Balaban J connectivity index is 2.06. The first-order chi connectivity index (χ1) is 10.7. The maximum atomic E-state index is 6.15. The Bertz CT molecular complexity index is 631. The second-order valence-electron chi connectivity index (χ2n) is 6.15. The van der Waals surface area contributed by atoms with Crippen molar-refractivity contribution in [2.75, 3.05) is 30.8 Å². The summed E-state index contributed by atoms with van der Waals surface area (Å²) in [5.41, 5.74) is 10.5. The van der Waals surface area contributed by atoms with E-state index in [9.17, 15) is 0 Å². The van der Waals surface area contributed by atoms with E-state index in [-0.39, 0.29) is 0 Å². The van der Waals surface area contributed by atoms with Gasteiger partial charge in [0.1, 0.15) is 5.75 Å². The molecule has 1 fully saturated rings. The van der Waals surface area contributed by atoms with Gasteiger partial charge in [-0.25, -0.2) is 0 Å². The Labute approximate surface area is 132 Å². The lowest BCUT2D eigenvalue weighted by atomic mass is 9.96. The molecule has 0 spiro atoms. The van der Waals surface area contributed by atoms with E-state index in [4.69, 9.17) is 10.5 Å². The molecule has 2 aromatic rings. The van der Waals surface area contributed by atoms with Gasteiger partial charge in [0, 0.05) is 30.4 Å². The normalized spacial score (nSPS) is 15.8. The SMILES string of the molecule is COc1cc(N2CCC(C)CC2)c(-c2ccccc2)cc1N. The first-order valence-corrected chi connectivity index (χ1v) is 7.97. The zero-order valence-electron chi connectivity index (χ0n) is 13.4. The minimum atomic E-state index is 0.690. The Morgan fingerprint density at radius 1 is 1.09 bits per heavy atom. The van der Waals surface area contributed by atoms with Crippen LogP contribution in [0.15, 0.2) is 42.5 Å². The number of anilines is 2. The van der Waals surface area contributed by atoms with Crippen LogP contribution < -0.4 is 15.4 Å². The number of methoxy groups -OCH3 is 1. The summed E-state index contributed by atoms with van der Waals surface area (Å²) in [6.45, 7) is 4.52. The van der Waals surface area contributed by atoms with Gasteiger partial charge in [0.2, 0.25) is 0 Å². The molecule has 2 N–H and O–H groups in total. The van der Waals surface area contributed by atoms with Crippen LogP contribution in [0.4, 0.5) is 11.4 Å². The maximum absolute atomic E-state index is 6.15. The fourth-order valence-corrected chi connectivity index (χ4v) is 3.12. The quantitative estimate of drug-likeness (QED) is 0.863. The molecule has 0 radical (unpaired) electrons. The molecule has 0 saturated carbocycles. The van der Waals surface area contributed by atoms with Gasteiger partial charge < -0.3 is 15.4 Å². The van der Waals surface area contributed by atoms with E-state index in [2.05, 4.69) is 42.2 Å². The number of hydrogen-bond donors (Lipinski definition) is 1.